The average Bonchev–Trinajstić information content (AvgIpc) is 3.40. The Labute approximate surface area is 183 Å². The minimum absolute atomic E-state index is 0.0949. The topological polar surface area (TPSA) is 88.0 Å². The SMILES string of the molecule is O=C(NC1C[C@H]2CC[C@@H](C1)N2Cc1nnnn1C1CC1)NC12CC3CC(CC(C3)C1)C2. The van der Waals surface area contributed by atoms with E-state index in [0.717, 1.165) is 43.0 Å². The number of hydrogen-bond donors (Lipinski definition) is 2. The summed E-state index contributed by atoms with van der Waals surface area (Å²) < 4.78 is 2.04. The van der Waals surface area contributed by atoms with Gasteiger partial charge in [-0.05, 0) is 105 Å². The van der Waals surface area contributed by atoms with Gasteiger partial charge in [-0.1, -0.05) is 0 Å². The molecule has 8 nitrogen and oxygen atoms in total. The van der Waals surface area contributed by atoms with E-state index in [1.54, 1.807) is 0 Å². The minimum Gasteiger partial charge on any atom is -0.335 e. The van der Waals surface area contributed by atoms with E-state index in [9.17, 15) is 4.79 Å². The van der Waals surface area contributed by atoms with Crippen molar-refractivity contribution >= 4 is 6.03 Å². The van der Waals surface area contributed by atoms with Crippen molar-refractivity contribution in [2.75, 3.05) is 0 Å². The molecule has 5 aliphatic carbocycles. The summed E-state index contributed by atoms with van der Waals surface area (Å²) >= 11 is 0. The maximum Gasteiger partial charge on any atom is 0.315 e. The first-order valence-electron chi connectivity index (χ1n) is 12.7. The third kappa shape index (κ3) is 3.36. The number of carbonyl (C=O) groups is 1. The summed E-state index contributed by atoms with van der Waals surface area (Å²) in [5, 5.41) is 19.4. The lowest BCUT2D eigenvalue weighted by molar-refractivity contribution is -0.0139. The van der Waals surface area contributed by atoms with Crippen LogP contribution in [0.1, 0.15) is 88.9 Å². The molecule has 7 aliphatic rings. The summed E-state index contributed by atoms with van der Waals surface area (Å²) in [5.74, 6) is 3.60. The van der Waals surface area contributed by atoms with Crippen LogP contribution in [0.2, 0.25) is 0 Å². The molecule has 2 amide bonds. The summed E-state index contributed by atoms with van der Waals surface area (Å²) in [6, 6.07) is 1.98. The van der Waals surface area contributed by atoms with Crippen molar-refractivity contribution in [2.45, 2.75) is 113 Å². The van der Waals surface area contributed by atoms with Crippen molar-refractivity contribution in [3.05, 3.63) is 5.82 Å². The van der Waals surface area contributed by atoms with Crippen LogP contribution < -0.4 is 10.6 Å². The first kappa shape index (κ1) is 18.8. The summed E-state index contributed by atoms with van der Waals surface area (Å²) in [6.07, 6.45) is 14.8. The number of fused-ring (bicyclic) bond motifs is 2. The van der Waals surface area contributed by atoms with E-state index < -0.39 is 0 Å². The Morgan fingerprint density at radius 3 is 2.13 bits per heavy atom. The Morgan fingerprint density at radius 1 is 0.903 bits per heavy atom. The third-order valence-electron chi connectivity index (χ3n) is 9.41. The molecule has 2 aliphatic heterocycles. The summed E-state index contributed by atoms with van der Waals surface area (Å²) in [6.45, 7) is 0.852. The zero-order valence-electron chi connectivity index (χ0n) is 18.4. The van der Waals surface area contributed by atoms with Crippen LogP contribution in [0, 0.1) is 17.8 Å². The van der Waals surface area contributed by atoms with Crippen LogP contribution in [-0.2, 0) is 6.54 Å². The average molecular weight is 426 g/mol. The van der Waals surface area contributed by atoms with Gasteiger partial charge in [-0.3, -0.25) is 4.90 Å². The number of rotatable bonds is 5. The normalized spacial score (nSPS) is 43.4. The van der Waals surface area contributed by atoms with Crippen molar-refractivity contribution < 1.29 is 4.79 Å². The second-order valence-corrected chi connectivity index (χ2v) is 11.8. The number of piperidine rings is 1. The summed E-state index contributed by atoms with van der Waals surface area (Å²) in [5.41, 5.74) is 0.0956. The standard InChI is InChI=1S/C23H35N7O/c31-22(25-23-10-14-5-15(11-23)7-16(6-14)12-23)24-17-8-19-3-4-20(9-17)29(19)13-21-26-27-28-30(21)18-1-2-18/h14-20H,1-13H2,(H2,24,25,31)/t14?,15?,16?,17?,19-,20+,23?. The molecule has 2 saturated heterocycles. The van der Waals surface area contributed by atoms with Crippen molar-refractivity contribution in [1.82, 2.24) is 35.7 Å². The van der Waals surface area contributed by atoms with Crippen LogP contribution in [0.4, 0.5) is 4.79 Å². The molecule has 168 valence electrons. The van der Waals surface area contributed by atoms with Gasteiger partial charge in [-0.2, -0.15) is 0 Å². The highest BCUT2D eigenvalue weighted by Crippen LogP contribution is 2.55. The molecule has 0 radical (unpaired) electrons. The maximum atomic E-state index is 13.0. The summed E-state index contributed by atoms with van der Waals surface area (Å²) in [7, 11) is 0. The van der Waals surface area contributed by atoms with Crippen LogP contribution >= 0.6 is 0 Å². The Morgan fingerprint density at radius 2 is 1.52 bits per heavy atom. The van der Waals surface area contributed by atoms with Crippen molar-refractivity contribution in [1.29, 1.82) is 0 Å². The molecule has 3 atom stereocenters. The molecule has 7 fully saturated rings. The lowest BCUT2D eigenvalue weighted by Gasteiger charge is -2.56. The molecule has 31 heavy (non-hydrogen) atoms. The number of carbonyl (C=O) groups excluding carboxylic acids is 1. The molecule has 3 heterocycles. The monoisotopic (exact) mass is 425 g/mol. The molecule has 5 saturated carbocycles. The van der Waals surface area contributed by atoms with Gasteiger partial charge in [-0.25, -0.2) is 9.48 Å². The second kappa shape index (κ2) is 6.90. The quantitative estimate of drug-likeness (QED) is 0.757. The first-order valence-corrected chi connectivity index (χ1v) is 12.7. The molecule has 8 heteroatoms. The van der Waals surface area contributed by atoms with Crippen LogP contribution in [0.5, 0.6) is 0 Å². The van der Waals surface area contributed by atoms with E-state index in [2.05, 4.69) is 31.1 Å². The zero-order chi connectivity index (χ0) is 20.6. The van der Waals surface area contributed by atoms with Gasteiger partial charge in [0.05, 0.1) is 12.6 Å². The fourth-order valence-corrected chi connectivity index (χ4v) is 8.46. The molecule has 0 spiro atoms. The molecule has 1 aromatic heterocycles. The number of nitrogens with one attached hydrogen (secondary N) is 2. The van der Waals surface area contributed by atoms with Gasteiger partial charge in [0.1, 0.15) is 0 Å². The van der Waals surface area contributed by atoms with E-state index in [1.807, 2.05) is 4.68 Å². The minimum atomic E-state index is 0.0949. The van der Waals surface area contributed by atoms with Gasteiger partial charge in [-0.15, -0.1) is 5.10 Å². The molecule has 6 bridgehead atoms. The molecular formula is C23H35N7O. The van der Waals surface area contributed by atoms with Crippen molar-refractivity contribution in [3.63, 3.8) is 0 Å². The number of urea groups is 1. The highest BCUT2D eigenvalue weighted by Gasteiger charge is 2.52. The number of tetrazole rings is 1. The van der Waals surface area contributed by atoms with Crippen LogP contribution in [0.15, 0.2) is 0 Å². The predicted octanol–water partition coefficient (Wildman–Crippen LogP) is 2.77. The van der Waals surface area contributed by atoms with Crippen LogP contribution in [0.3, 0.4) is 0 Å². The molecule has 1 unspecified atom stereocenters. The predicted molar refractivity (Wildman–Crippen MR) is 114 cm³/mol. The second-order valence-electron chi connectivity index (χ2n) is 11.8. The fraction of sp³-hybridized carbons (Fsp3) is 0.913. The van der Waals surface area contributed by atoms with Gasteiger partial charge >= 0.3 is 6.03 Å². The number of hydrogen-bond acceptors (Lipinski definition) is 5. The first-order chi connectivity index (χ1) is 15.1. The lowest BCUT2D eigenvalue weighted by atomic mass is 9.53. The van der Waals surface area contributed by atoms with Gasteiger partial charge in [0, 0.05) is 23.7 Å². The van der Waals surface area contributed by atoms with Gasteiger partial charge in [0.25, 0.3) is 0 Å². The maximum absolute atomic E-state index is 13.0. The van der Waals surface area contributed by atoms with Gasteiger partial charge in [0.2, 0.25) is 0 Å². The van der Waals surface area contributed by atoms with E-state index in [0.29, 0.717) is 24.2 Å². The van der Waals surface area contributed by atoms with E-state index in [1.165, 1.54) is 64.2 Å². The van der Waals surface area contributed by atoms with Crippen molar-refractivity contribution in [2.24, 2.45) is 17.8 Å². The highest BCUT2D eigenvalue weighted by atomic mass is 16.2. The van der Waals surface area contributed by atoms with Crippen LogP contribution in [0.25, 0.3) is 0 Å². The largest absolute Gasteiger partial charge is 0.335 e. The Hall–Kier alpha value is -1.70. The number of aromatic nitrogens is 4. The Balaban J connectivity index is 0.973. The smallest absolute Gasteiger partial charge is 0.315 e. The summed E-state index contributed by atoms with van der Waals surface area (Å²) in [4.78, 5) is 15.6. The molecule has 0 aromatic carbocycles. The van der Waals surface area contributed by atoms with E-state index >= 15 is 0 Å². The van der Waals surface area contributed by atoms with Crippen molar-refractivity contribution in [3.8, 4) is 0 Å². The van der Waals surface area contributed by atoms with E-state index in [-0.39, 0.29) is 11.6 Å². The lowest BCUT2D eigenvalue weighted by Crippen LogP contribution is -2.62. The fourth-order valence-electron chi connectivity index (χ4n) is 8.46. The number of nitrogens with zero attached hydrogens (tertiary/aromatic N) is 5. The number of amides is 2. The van der Waals surface area contributed by atoms with Gasteiger partial charge < -0.3 is 10.6 Å². The molecule has 1 aromatic rings. The Kier molecular flexibility index (Phi) is 4.19. The highest BCUT2D eigenvalue weighted by molar-refractivity contribution is 5.75. The molecule has 8 rings (SSSR count). The van der Waals surface area contributed by atoms with E-state index in [4.69, 9.17) is 0 Å². The van der Waals surface area contributed by atoms with Crippen LogP contribution in [-0.4, -0.2) is 54.8 Å². The molecule has 2 N–H and O–H groups in total. The third-order valence-corrected chi connectivity index (χ3v) is 9.41. The zero-order valence-corrected chi connectivity index (χ0v) is 18.4. The van der Waals surface area contributed by atoms with Gasteiger partial charge in [0.15, 0.2) is 5.82 Å². The molecular weight excluding hydrogens is 390 g/mol. The Bertz CT molecular complexity index is 815.